The maximum atomic E-state index is 12.0. The zero-order valence-corrected chi connectivity index (χ0v) is 13.7. The molecular weight excluding hydrogens is 458 g/mol. The first-order chi connectivity index (χ1) is 13.4. The molecule has 0 aliphatic carbocycles. The predicted molar refractivity (Wildman–Crippen MR) is 71.8 cm³/mol. The van der Waals surface area contributed by atoms with Gasteiger partial charge in [-0.2, -0.15) is 39.5 Å². The Kier molecular flexibility index (Phi) is 9.59. The minimum atomic E-state index is -6.45. The van der Waals surface area contributed by atoms with Crippen molar-refractivity contribution in [2.24, 2.45) is 0 Å². The summed E-state index contributed by atoms with van der Waals surface area (Å²) in [5, 5.41) is 0. The van der Waals surface area contributed by atoms with Gasteiger partial charge in [-0.05, 0) is 6.07 Å². The van der Waals surface area contributed by atoms with Gasteiger partial charge in [-0.15, -0.1) is 0 Å². The van der Waals surface area contributed by atoms with Gasteiger partial charge in [-0.3, -0.25) is 0 Å². The Morgan fingerprint density at radius 3 is 1.03 bits per heavy atom. The Balaban J connectivity index is 0.000000445. The average Bonchev–Trinajstić information content (AvgIpc) is 2.57. The molecule has 0 saturated carbocycles. The van der Waals surface area contributed by atoms with Crippen molar-refractivity contribution in [2.75, 3.05) is 0 Å². The normalized spacial score (nSPS) is 12.0. The number of halogens is 14. The van der Waals surface area contributed by atoms with Crippen LogP contribution in [0.5, 0.6) is 0 Å². The summed E-state index contributed by atoms with van der Waals surface area (Å²) in [5.74, 6) is -14.4. The zero-order valence-electron chi connectivity index (χ0n) is 13.7. The molecule has 0 spiro atoms. The van der Waals surface area contributed by atoms with Crippen LogP contribution in [-0.2, 0) is 0 Å². The number of alkyl halides is 9. The summed E-state index contributed by atoms with van der Waals surface area (Å²) in [6.45, 7) is 0. The summed E-state index contributed by atoms with van der Waals surface area (Å²) in [5.41, 5.74) is 0. The summed E-state index contributed by atoms with van der Waals surface area (Å²) >= 11 is 0. The Labute approximate surface area is 158 Å². The molecular formula is C16H5F14. The minimum absolute atomic E-state index is 1.02. The molecule has 0 bridgehead atoms. The number of rotatable bonds is 0. The SMILES string of the molecule is FC(F)(F)[C](C(F)(F)F)C(F)(F)F.Fc1[c]c(F)c(F)c(F)c1F.[c]1ccccc1. The Bertz CT molecular complexity index is 688. The van der Waals surface area contributed by atoms with Gasteiger partial charge < -0.3 is 0 Å². The molecule has 2 aromatic rings. The molecule has 30 heavy (non-hydrogen) atoms. The van der Waals surface area contributed by atoms with Crippen molar-refractivity contribution in [3.8, 4) is 0 Å². The van der Waals surface area contributed by atoms with Crippen LogP contribution >= 0.6 is 0 Å². The first-order valence-electron chi connectivity index (χ1n) is 6.81. The van der Waals surface area contributed by atoms with E-state index in [-0.39, 0.29) is 0 Å². The topological polar surface area (TPSA) is 0 Å². The molecule has 14 heteroatoms. The molecule has 2 aromatic carbocycles. The van der Waals surface area contributed by atoms with Gasteiger partial charge in [-0.1, -0.05) is 30.3 Å². The maximum Gasteiger partial charge on any atom is 0.413 e. The summed E-state index contributed by atoms with van der Waals surface area (Å²) in [6, 6.07) is 13.5. The van der Waals surface area contributed by atoms with Gasteiger partial charge in [0.25, 0.3) is 5.92 Å². The number of hydrogen-bond acceptors (Lipinski definition) is 0. The molecule has 3 radical (unpaired) electrons. The fourth-order valence-corrected chi connectivity index (χ4v) is 1.32. The van der Waals surface area contributed by atoms with Crippen molar-refractivity contribution in [2.45, 2.75) is 18.5 Å². The van der Waals surface area contributed by atoms with E-state index in [1.807, 2.05) is 30.3 Å². The van der Waals surface area contributed by atoms with E-state index in [1.165, 1.54) is 0 Å². The van der Waals surface area contributed by atoms with Gasteiger partial charge >= 0.3 is 18.5 Å². The Morgan fingerprint density at radius 1 is 0.533 bits per heavy atom. The molecule has 0 unspecified atom stereocenters. The molecule has 0 saturated heterocycles. The lowest BCUT2D eigenvalue weighted by Gasteiger charge is -2.23. The summed E-state index contributed by atoms with van der Waals surface area (Å²) in [7, 11) is 0. The van der Waals surface area contributed by atoms with Gasteiger partial charge in [0, 0.05) is 0 Å². The molecule has 0 aliphatic rings. The van der Waals surface area contributed by atoms with Gasteiger partial charge in [-0.25, -0.2) is 22.0 Å². The number of hydrogen-bond donors (Lipinski definition) is 0. The van der Waals surface area contributed by atoms with Crippen molar-refractivity contribution in [3.63, 3.8) is 0 Å². The lowest BCUT2D eigenvalue weighted by Crippen LogP contribution is -2.44. The monoisotopic (exact) mass is 463 g/mol. The summed E-state index contributed by atoms with van der Waals surface area (Å²) in [6.07, 6.45) is -19.3. The van der Waals surface area contributed by atoms with Crippen LogP contribution in [0, 0.1) is 47.1 Å². The van der Waals surface area contributed by atoms with Crippen molar-refractivity contribution in [3.05, 3.63) is 77.5 Å². The smallest absolute Gasteiger partial charge is 0.203 e. The van der Waals surface area contributed by atoms with Crippen molar-refractivity contribution >= 4 is 0 Å². The van der Waals surface area contributed by atoms with Crippen molar-refractivity contribution in [1.29, 1.82) is 0 Å². The standard InChI is InChI=1S/C6F5.C6H5.C4F9/c7-2-1-3(8)5(10)6(11)4(2)9;1-2-4-6-5-3-1;5-2(6,7)1(3(8,9)10)4(11,12)13/h;1-5H;. The van der Waals surface area contributed by atoms with Crippen LogP contribution in [0.4, 0.5) is 61.5 Å². The highest BCUT2D eigenvalue weighted by atomic mass is 19.4. The van der Waals surface area contributed by atoms with E-state index in [0.717, 1.165) is 6.07 Å². The van der Waals surface area contributed by atoms with E-state index in [1.54, 1.807) is 0 Å². The van der Waals surface area contributed by atoms with Gasteiger partial charge in [0.05, 0.1) is 6.07 Å². The molecule has 0 heterocycles. The van der Waals surface area contributed by atoms with E-state index < -0.39 is 53.5 Å². The second-order valence-electron chi connectivity index (χ2n) is 4.64. The average molecular weight is 463 g/mol. The van der Waals surface area contributed by atoms with E-state index in [2.05, 4.69) is 6.07 Å². The first-order valence-corrected chi connectivity index (χ1v) is 6.81. The van der Waals surface area contributed by atoms with Crippen LogP contribution < -0.4 is 0 Å². The lowest BCUT2D eigenvalue weighted by molar-refractivity contribution is -0.277. The molecule has 0 atom stereocenters. The zero-order chi connectivity index (χ0) is 23.9. The molecule has 0 N–H and O–H groups in total. The molecule has 167 valence electrons. The largest absolute Gasteiger partial charge is 0.413 e. The van der Waals surface area contributed by atoms with Crippen LogP contribution in [0.1, 0.15) is 0 Å². The van der Waals surface area contributed by atoms with Crippen LogP contribution in [0.15, 0.2) is 30.3 Å². The molecule has 0 aliphatic heterocycles. The molecule has 0 nitrogen and oxygen atoms in total. The highest BCUT2D eigenvalue weighted by molar-refractivity contribution is 5.11. The van der Waals surface area contributed by atoms with Gasteiger partial charge in [0.1, 0.15) is 0 Å². The number of benzene rings is 2. The molecule has 0 fully saturated rings. The molecule has 2 rings (SSSR count). The second kappa shape index (κ2) is 10.5. The fourth-order valence-electron chi connectivity index (χ4n) is 1.32. The Morgan fingerprint density at radius 2 is 0.867 bits per heavy atom. The fraction of sp³-hybridized carbons (Fsp3) is 0.188. The molecule has 0 aromatic heterocycles. The second-order valence-corrected chi connectivity index (χ2v) is 4.64. The van der Waals surface area contributed by atoms with E-state index in [4.69, 9.17) is 0 Å². The van der Waals surface area contributed by atoms with E-state index in [0.29, 0.717) is 0 Å². The highest BCUT2D eigenvalue weighted by Crippen LogP contribution is 2.50. The van der Waals surface area contributed by atoms with Crippen LogP contribution in [0.3, 0.4) is 0 Å². The van der Waals surface area contributed by atoms with Crippen LogP contribution in [-0.4, -0.2) is 18.5 Å². The minimum Gasteiger partial charge on any atom is -0.203 e. The third-order valence-electron chi connectivity index (χ3n) is 2.45. The Hall–Kier alpha value is -2.54. The first kappa shape index (κ1) is 27.5. The quantitative estimate of drug-likeness (QED) is 0.226. The third-order valence-corrected chi connectivity index (χ3v) is 2.45. The lowest BCUT2D eigenvalue weighted by atomic mass is 10.1. The maximum absolute atomic E-state index is 12.0. The summed E-state index contributed by atoms with van der Waals surface area (Å²) in [4.78, 5) is 0. The van der Waals surface area contributed by atoms with E-state index in [9.17, 15) is 61.5 Å². The third kappa shape index (κ3) is 8.86. The van der Waals surface area contributed by atoms with Crippen molar-refractivity contribution < 1.29 is 61.5 Å². The van der Waals surface area contributed by atoms with Crippen LogP contribution in [0.25, 0.3) is 0 Å². The van der Waals surface area contributed by atoms with Gasteiger partial charge in [0.15, 0.2) is 23.3 Å². The molecule has 0 amide bonds. The highest BCUT2D eigenvalue weighted by Gasteiger charge is 2.71. The van der Waals surface area contributed by atoms with Crippen LogP contribution in [0.2, 0.25) is 0 Å². The van der Waals surface area contributed by atoms with Gasteiger partial charge in [0.2, 0.25) is 5.82 Å². The summed E-state index contributed by atoms with van der Waals surface area (Å²) < 4.78 is 161. The van der Waals surface area contributed by atoms with Crippen molar-refractivity contribution in [1.82, 2.24) is 0 Å². The predicted octanol–water partition coefficient (Wildman–Crippen LogP) is 6.92. The van der Waals surface area contributed by atoms with E-state index >= 15 is 0 Å².